The summed E-state index contributed by atoms with van der Waals surface area (Å²) in [6, 6.07) is 16.1. The fraction of sp³-hybridized carbons (Fsp3) is 0.150. The summed E-state index contributed by atoms with van der Waals surface area (Å²) in [4.78, 5) is 13.6. The third kappa shape index (κ3) is 2.39. The van der Waals surface area contributed by atoms with E-state index in [1.54, 1.807) is 11.3 Å². The smallest absolute Gasteiger partial charge is 0.231 e. The Kier molecular flexibility index (Phi) is 3.28. The normalized spacial score (nSPS) is 17.9. The van der Waals surface area contributed by atoms with Crippen molar-refractivity contribution in [1.82, 2.24) is 0 Å². The predicted molar refractivity (Wildman–Crippen MR) is 97.4 cm³/mol. The van der Waals surface area contributed by atoms with Gasteiger partial charge in [0.05, 0.1) is 5.69 Å². The molecule has 4 nitrogen and oxygen atoms in total. The highest BCUT2D eigenvalue weighted by Crippen LogP contribution is 2.47. The summed E-state index contributed by atoms with van der Waals surface area (Å²) in [5.74, 6) is 1.61. The molecular formula is C20H15NO3S. The van der Waals surface area contributed by atoms with Gasteiger partial charge in [0.1, 0.15) is 0 Å². The summed E-state index contributed by atoms with van der Waals surface area (Å²) < 4.78 is 10.9. The van der Waals surface area contributed by atoms with Crippen molar-refractivity contribution in [1.29, 1.82) is 0 Å². The van der Waals surface area contributed by atoms with Crippen LogP contribution < -0.4 is 14.8 Å². The van der Waals surface area contributed by atoms with Gasteiger partial charge in [-0.1, -0.05) is 36.4 Å². The van der Waals surface area contributed by atoms with Crippen LogP contribution in [0.4, 0.5) is 5.69 Å². The van der Waals surface area contributed by atoms with Gasteiger partial charge in [0.15, 0.2) is 11.5 Å². The lowest BCUT2D eigenvalue weighted by atomic mass is 9.89. The molecule has 5 heteroatoms. The van der Waals surface area contributed by atoms with Crippen LogP contribution in [0, 0.1) is 0 Å². The Labute approximate surface area is 149 Å². The molecule has 2 aliphatic heterocycles. The molecule has 0 saturated carbocycles. The largest absolute Gasteiger partial charge is 0.454 e. The second-order valence-corrected chi connectivity index (χ2v) is 7.08. The molecule has 0 fully saturated rings. The van der Waals surface area contributed by atoms with E-state index in [1.165, 1.54) is 4.88 Å². The first-order valence-electron chi connectivity index (χ1n) is 8.16. The van der Waals surface area contributed by atoms with Crippen molar-refractivity contribution >= 4 is 22.9 Å². The molecule has 124 valence electrons. The Balaban J connectivity index is 1.60. The molecule has 1 atom stereocenters. The van der Waals surface area contributed by atoms with E-state index >= 15 is 0 Å². The second kappa shape index (κ2) is 5.63. The van der Waals surface area contributed by atoms with Gasteiger partial charge in [-0.25, -0.2) is 0 Å². The number of ether oxygens (including phenoxy) is 2. The van der Waals surface area contributed by atoms with Gasteiger partial charge in [0, 0.05) is 28.2 Å². The van der Waals surface area contributed by atoms with Gasteiger partial charge < -0.3 is 14.8 Å². The lowest BCUT2D eigenvalue weighted by molar-refractivity contribution is -0.116. The molecule has 1 N–H and O–H groups in total. The lowest BCUT2D eigenvalue weighted by Crippen LogP contribution is -2.22. The van der Waals surface area contributed by atoms with E-state index in [1.807, 2.05) is 36.4 Å². The van der Waals surface area contributed by atoms with Crippen LogP contribution in [0.2, 0.25) is 0 Å². The molecule has 1 amide bonds. The fourth-order valence-electron chi connectivity index (χ4n) is 3.46. The molecule has 0 saturated heterocycles. The first-order chi connectivity index (χ1) is 12.3. The van der Waals surface area contributed by atoms with Crippen molar-refractivity contribution in [2.75, 3.05) is 12.1 Å². The first-order valence-corrected chi connectivity index (χ1v) is 9.04. The van der Waals surface area contributed by atoms with E-state index in [0.717, 1.165) is 33.9 Å². The van der Waals surface area contributed by atoms with Crippen LogP contribution >= 0.6 is 11.3 Å². The number of carbonyl (C=O) groups is 1. The number of amides is 1. The Morgan fingerprint density at radius 2 is 1.88 bits per heavy atom. The quantitative estimate of drug-likeness (QED) is 0.734. The van der Waals surface area contributed by atoms with Gasteiger partial charge in [-0.3, -0.25) is 4.79 Å². The molecule has 3 aromatic rings. The Hall–Kier alpha value is -2.79. The van der Waals surface area contributed by atoms with Crippen LogP contribution in [0.15, 0.2) is 53.9 Å². The van der Waals surface area contributed by atoms with Crippen molar-refractivity contribution in [2.45, 2.75) is 12.3 Å². The van der Waals surface area contributed by atoms with E-state index in [-0.39, 0.29) is 18.6 Å². The first kappa shape index (κ1) is 14.5. The monoisotopic (exact) mass is 349 g/mol. The van der Waals surface area contributed by atoms with E-state index < -0.39 is 0 Å². The van der Waals surface area contributed by atoms with Crippen LogP contribution in [0.3, 0.4) is 0 Å². The number of carbonyl (C=O) groups excluding carboxylic acids is 1. The predicted octanol–water partition coefficient (Wildman–Crippen LogP) is 4.62. The van der Waals surface area contributed by atoms with Crippen LogP contribution in [0.1, 0.15) is 22.8 Å². The topological polar surface area (TPSA) is 47.6 Å². The van der Waals surface area contributed by atoms with Gasteiger partial charge in [0.25, 0.3) is 0 Å². The third-order valence-corrected chi connectivity index (χ3v) is 5.77. The molecule has 0 spiro atoms. The van der Waals surface area contributed by atoms with Crippen LogP contribution in [-0.2, 0) is 4.79 Å². The number of thiophene rings is 1. The number of anilines is 1. The van der Waals surface area contributed by atoms with E-state index in [4.69, 9.17) is 9.47 Å². The van der Waals surface area contributed by atoms with Gasteiger partial charge in [-0.2, -0.15) is 0 Å². The molecule has 2 aromatic carbocycles. The number of nitrogens with one attached hydrogen (secondary N) is 1. The van der Waals surface area contributed by atoms with Gasteiger partial charge in [-0.05, 0) is 23.3 Å². The van der Waals surface area contributed by atoms with Crippen LogP contribution in [-0.4, -0.2) is 12.7 Å². The maximum atomic E-state index is 12.4. The Bertz CT molecular complexity index is 964. The van der Waals surface area contributed by atoms with E-state index in [0.29, 0.717) is 6.42 Å². The van der Waals surface area contributed by atoms with Crippen molar-refractivity contribution in [3.05, 3.63) is 64.4 Å². The Morgan fingerprint density at radius 3 is 2.76 bits per heavy atom. The molecule has 3 heterocycles. The minimum atomic E-state index is 0.0423. The van der Waals surface area contributed by atoms with Crippen molar-refractivity contribution < 1.29 is 14.3 Å². The minimum absolute atomic E-state index is 0.0423. The summed E-state index contributed by atoms with van der Waals surface area (Å²) >= 11 is 1.70. The summed E-state index contributed by atoms with van der Waals surface area (Å²) in [6.45, 7) is 0.256. The molecular weight excluding hydrogens is 334 g/mol. The SMILES string of the molecule is O=C1C[C@@H](c2ccc3c(c2)OCO3)c2scc(-c3ccccc3)c2N1. The highest BCUT2D eigenvalue weighted by molar-refractivity contribution is 7.11. The molecule has 25 heavy (non-hydrogen) atoms. The standard InChI is InChI=1S/C20H15NO3S/c22-18-9-14(13-6-7-16-17(8-13)24-11-23-16)20-19(21-18)15(10-25-20)12-4-2-1-3-5-12/h1-8,10,14H,9,11H2,(H,21,22)/t14-/m0/s1. The van der Waals surface area contributed by atoms with Crippen LogP contribution in [0.5, 0.6) is 11.5 Å². The zero-order valence-electron chi connectivity index (χ0n) is 13.3. The number of fused-ring (bicyclic) bond motifs is 2. The molecule has 2 aliphatic rings. The van der Waals surface area contributed by atoms with Crippen LogP contribution in [0.25, 0.3) is 11.1 Å². The molecule has 0 bridgehead atoms. The van der Waals surface area contributed by atoms with Crippen molar-refractivity contribution in [3.8, 4) is 22.6 Å². The molecule has 0 radical (unpaired) electrons. The molecule has 0 aliphatic carbocycles. The average Bonchev–Trinajstić information content (AvgIpc) is 3.27. The maximum absolute atomic E-state index is 12.4. The highest BCUT2D eigenvalue weighted by Gasteiger charge is 2.31. The number of hydrogen-bond acceptors (Lipinski definition) is 4. The summed E-state index contributed by atoms with van der Waals surface area (Å²) in [7, 11) is 0. The second-order valence-electron chi connectivity index (χ2n) is 6.17. The van der Waals surface area contributed by atoms with E-state index in [2.05, 4.69) is 22.8 Å². The highest BCUT2D eigenvalue weighted by atomic mass is 32.1. The number of benzene rings is 2. The fourth-order valence-corrected chi connectivity index (χ4v) is 4.62. The van der Waals surface area contributed by atoms with Crippen molar-refractivity contribution in [2.24, 2.45) is 0 Å². The lowest BCUT2D eigenvalue weighted by Gasteiger charge is -2.24. The number of hydrogen-bond donors (Lipinski definition) is 1. The summed E-state index contributed by atoms with van der Waals surface area (Å²) in [6.07, 6.45) is 0.446. The zero-order valence-corrected chi connectivity index (χ0v) is 14.1. The van der Waals surface area contributed by atoms with Gasteiger partial charge >= 0.3 is 0 Å². The number of rotatable bonds is 2. The minimum Gasteiger partial charge on any atom is -0.454 e. The zero-order chi connectivity index (χ0) is 16.8. The molecule has 5 rings (SSSR count). The van der Waals surface area contributed by atoms with Crippen molar-refractivity contribution in [3.63, 3.8) is 0 Å². The third-order valence-electron chi connectivity index (χ3n) is 4.67. The summed E-state index contributed by atoms with van der Waals surface area (Å²) in [5, 5.41) is 5.21. The summed E-state index contributed by atoms with van der Waals surface area (Å²) in [5.41, 5.74) is 4.22. The average molecular weight is 349 g/mol. The van der Waals surface area contributed by atoms with Gasteiger partial charge in [-0.15, -0.1) is 11.3 Å². The van der Waals surface area contributed by atoms with E-state index in [9.17, 15) is 4.79 Å². The molecule has 1 aromatic heterocycles. The Morgan fingerprint density at radius 1 is 1.04 bits per heavy atom. The van der Waals surface area contributed by atoms with Gasteiger partial charge in [0.2, 0.25) is 12.7 Å². The molecule has 0 unspecified atom stereocenters. The maximum Gasteiger partial charge on any atom is 0.231 e.